The molecule has 0 spiro atoms. The predicted octanol–water partition coefficient (Wildman–Crippen LogP) is 1.38. The van der Waals surface area contributed by atoms with Crippen LogP contribution in [0.25, 0.3) is 11.0 Å². The third-order valence-corrected chi connectivity index (χ3v) is 3.78. The molecule has 0 aliphatic rings. The number of ketones is 1. The molecule has 2 N–H and O–H groups in total. The van der Waals surface area contributed by atoms with Crippen LogP contribution in [0.2, 0.25) is 0 Å². The average Bonchev–Trinajstić information content (AvgIpc) is 2.77. The standard InChI is InChI=1S/C13H15NO4S/c1-19(16,17)7-6-10(14)13(15)12-8-9-4-2-3-5-11(9)18-12/h2-5,8,10H,6-7,14H2,1H3. The number of sulfone groups is 1. The summed E-state index contributed by atoms with van der Waals surface area (Å²) >= 11 is 0. The van der Waals surface area contributed by atoms with Gasteiger partial charge in [-0.1, -0.05) is 18.2 Å². The van der Waals surface area contributed by atoms with Gasteiger partial charge in [0.2, 0.25) is 5.78 Å². The number of hydrogen-bond donors (Lipinski definition) is 1. The van der Waals surface area contributed by atoms with E-state index in [0.29, 0.717) is 5.58 Å². The average molecular weight is 281 g/mol. The minimum absolute atomic E-state index is 0.0920. The third kappa shape index (κ3) is 3.42. The normalized spacial score (nSPS) is 13.6. The van der Waals surface area contributed by atoms with E-state index in [1.807, 2.05) is 18.2 Å². The number of carbonyl (C=O) groups is 1. The molecule has 2 aromatic rings. The van der Waals surface area contributed by atoms with Crippen molar-refractivity contribution in [3.8, 4) is 0 Å². The lowest BCUT2D eigenvalue weighted by molar-refractivity contribution is 0.0934. The second kappa shape index (κ2) is 5.14. The van der Waals surface area contributed by atoms with Gasteiger partial charge in [-0.2, -0.15) is 0 Å². The molecule has 1 aromatic heterocycles. The van der Waals surface area contributed by atoms with Gasteiger partial charge in [0, 0.05) is 11.6 Å². The third-order valence-electron chi connectivity index (χ3n) is 2.80. The second-order valence-electron chi connectivity index (χ2n) is 4.54. The van der Waals surface area contributed by atoms with Crippen molar-refractivity contribution in [2.45, 2.75) is 12.5 Å². The maximum atomic E-state index is 12.0. The molecule has 0 radical (unpaired) electrons. The van der Waals surface area contributed by atoms with Crippen LogP contribution in [0.1, 0.15) is 17.0 Å². The van der Waals surface area contributed by atoms with Crippen molar-refractivity contribution in [3.05, 3.63) is 36.1 Å². The first kappa shape index (κ1) is 13.8. The van der Waals surface area contributed by atoms with Crippen molar-refractivity contribution in [1.82, 2.24) is 0 Å². The quantitative estimate of drug-likeness (QED) is 0.836. The predicted molar refractivity (Wildman–Crippen MR) is 72.8 cm³/mol. The van der Waals surface area contributed by atoms with Gasteiger partial charge < -0.3 is 10.2 Å². The Hall–Kier alpha value is -1.66. The van der Waals surface area contributed by atoms with Crippen molar-refractivity contribution in [3.63, 3.8) is 0 Å². The summed E-state index contributed by atoms with van der Waals surface area (Å²) in [5, 5.41) is 0.821. The van der Waals surface area contributed by atoms with Gasteiger partial charge in [0.25, 0.3) is 0 Å². The zero-order valence-corrected chi connectivity index (χ0v) is 11.3. The Morgan fingerprint density at radius 2 is 2.05 bits per heavy atom. The second-order valence-corrected chi connectivity index (χ2v) is 6.80. The van der Waals surface area contributed by atoms with Crippen LogP contribution in [-0.4, -0.2) is 32.3 Å². The van der Waals surface area contributed by atoms with Crippen LogP contribution in [0.4, 0.5) is 0 Å². The van der Waals surface area contributed by atoms with Gasteiger partial charge in [0.05, 0.1) is 11.8 Å². The fraction of sp³-hybridized carbons (Fsp3) is 0.308. The van der Waals surface area contributed by atoms with Crippen LogP contribution in [0.5, 0.6) is 0 Å². The summed E-state index contributed by atoms with van der Waals surface area (Å²) in [7, 11) is -3.12. The minimum Gasteiger partial charge on any atom is -0.453 e. The van der Waals surface area contributed by atoms with Gasteiger partial charge >= 0.3 is 0 Å². The molecule has 1 atom stereocenters. The molecule has 5 nitrogen and oxygen atoms in total. The highest BCUT2D eigenvalue weighted by molar-refractivity contribution is 7.90. The summed E-state index contributed by atoms with van der Waals surface area (Å²) < 4.78 is 27.5. The Labute approximate surface area is 111 Å². The van der Waals surface area contributed by atoms with E-state index in [1.54, 1.807) is 12.1 Å². The monoisotopic (exact) mass is 281 g/mol. The highest BCUT2D eigenvalue weighted by Gasteiger charge is 2.21. The maximum absolute atomic E-state index is 12.0. The summed E-state index contributed by atoms with van der Waals surface area (Å²) in [5.41, 5.74) is 6.32. The number of hydrogen-bond acceptors (Lipinski definition) is 5. The van der Waals surface area contributed by atoms with Gasteiger partial charge in [-0.3, -0.25) is 4.79 Å². The van der Waals surface area contributed by atoms with E-state index in [-0.39, 0.29) is 23.7 Å². The SMILES string of the molecule is CS(=O)(=O)CCC(N)C(=O)c1cc2ccccc2o1. The molecule has 0 aliphatic heterocycles. The summed E-state index contributed by atoms with van der Waals surface area (Å²) in [5.74, 6) is -0.317. The lowest BCUT2D eigenvalue weighted by Crippen LogP contribution is -2.32. The fourth-order valence-electron chi connectivity index (χ4n) is 1.76. The molecule has 6 heteroatoms. The highest BCUT2D eigenvalue weighted by Crippen LogP contribution is 2.20. The molecule has 0 bridgehead atoms. The number of para-hydroxylation sites is 1. The van der Waals surface area contributed by atoms with E-state index in [1.165, 1.54) is 0 Å². The number of fused-ring (bicyclic) bond motifs is 1. The molecule has 102 valence electrons. The molecule has 0 aliphatic carbocycles. The molecule has 2 rings (SSSR count). The Morgan fingerprint density at radius 1 is 1.37 bits per heavy atom. The van der Waals surface area contributed by atoms with Gasteiger partial charge in [-0.15, -0.1) is 0 Å². The smallest absolute Gasteiger partial charge is 0.214 e. The zero-order chi connectivity index (χ0) is 14.0. The van der Waals surface area contributed by atoms with E-state index in [4.69, 9.17) is 10.2 Å². The van der Waals surface area contributed by atoms with Crippen LogP contribution in [0.15, 0.2) is 34.7 Å². The summed E-state index contributed by atoms with van der Waals surface area (Å²) in [6.45, 7) is 0. The number of carbonyl (C=O) groups excluding carboxylic acids is 1. The van der Waals surface area contributed by atoms with E-state index < -0.39 is 15.9 Å². The molecule has 1 unspecified atom stereocenters. The molecule has 1 aromatic carbocycles. The van der Waals surface area contributed by atoms with Gasteiger partial charge in [-0.05, 0) is 18.6 Å². The van der Waals surface area contributed by atoms with E-state index >= 15 is 0 Å². The van der Waals surface area contributed by atoms with Crippen molar-refractivity contribution >= 4 is 26.6 Å². The first-order chi connectivity index (χ1) is 8.87. The van der Waals surface area contributed by atoms with E-state index in [0.717, 1.165) is 11.6 Å². The fourth-order valence-corrected chi connectivity index (χ4v) is 2.44. The van der Waals surface area contributed by atoms with Crippen molar-refractivity contribution in [1.29, 1.82) is 0 Å². The Morgan fingerprint density at radius 3 is 2.68 bits per heavy atom. The maximum Gasteiger partial charge on any atom is 0.214 e. The van der Waals surface area contributed by atoms with Crippen LogP contribution < -0.4 is 5.73 Å². The minimum atomic E-state index is -3.12. The lowest BCUT2D eigenvalue weighted by atomic mass is 10.1. The summed E-state index contributed by atoms with van der Waals surface area (Å²) in [6, 6.07) is 8.00. The molecule has 0 fully saturated rings. The van der Waals surface area contributed by atoms with Crippen molar-refractivity contribution < 1.29 is 17.6 Å². The van der Waals surface area contributed by atoms with Crippen molar-refractivity contribution in [2.75, 3.05) is 12.0 Å². The van der Waals surface area contributed by atoms with Crippen LogP contribution >= 0.6 is 0 Å². The highest BCUT2D eigenvalue weighted by atomic mass is 32.2. The van der Waals surface area contributed by atoms with Crippen LogP contribution in [-0.2, 0) is 9.84 Å². The molecule has 19 heavy (non-hydrogen) atoms. The first-order valence-electron chi connectivity index (χ1n) is 5.83. The molecule has 0 amide bonds. The van der Waals surface area contributed by atoms with Gasteiger partial charge in [-0.25, -0.2) is 8.42 Å². The van der Waals surface area contributed by atoms with E-state index in [9.17, 15) is 13.2 Å². The Bertz CT molecular complexity index is 669. The lowest BCUT2D eigenvalue weighted by Gasteiger charge is -2.07. The van der Waals surface area contributed by atoms with Gasteiger partial charge in [0.1, 0.15) is 15.4 Å². The number of Topliss-reactive ketones (excluding diaryl/α,β-unsaturated/α-hetero) is 1. The molecule has 0 saturated heterocycles. The molecule has 1 heterocycles. The summed E-state index contributed by atoms with van der Waals surface area (Å²) in [6.07, 6.45) is 1.21. The zero-order valence-electron chi connectivity index (χ0n) is 10.5. The van der Waals surface area contributed by atoms with Crippen LogP contribution in [0, 0.1) is 0 Å². The summed E-state index contributed by atoms with van der Waals surface area (Å²) in [4.78, 5) is 12.0. The van der Waals surface area contributed by atoms with Crippen molar-refractivity contribution in [2.24, 2.45) is 5.73 Å². The Kier molecular flexibility index (Phi) is 3.73. The largest absolute Gasteiger partial charge is 0.453 e. The Balaban J connectivity index is 2.14. The molecule has 0 saturated carbocycles. The van der Waals surface area contributed by atoms with Crippen LogP contribution in [0.3, 0.4) is 0 Å². The molecular formula is C13H15NO4S. The molecular weight excluding hydrogens is 266 g/mol. The number of rotatable bonds is 5. The number of nitrogens with two attached hydrogens (primary N) is 1. The first-order valence-corrected chi connectivity index (χ1v) is 7.89. The van der Waals surface area contributed by atoms with Gasteiger partial charge in [0.15, 0.2) is 5.76 Å². The van der Waals surface area contributed by atoms with E-state index in [2.05, 4.69) is 0 Å². The number of benzene rings is 1. The topological polar surface area (TPSA) is 90.4 Å². The number of furan rings is 1.